The zero-order valence-corrected chi connectivity index (χ0v) is 17.9. The van der Waals surface area contributed by atoms with Crippen molar-refractivity contribution in [1.29, 1.82) is 0 Å². The number of amides is 1. The maximum atomic E-state index is 15.0. The highest BCUT2D eigenvalue weighted by molar-refractivity contribution is 5.92. The lowest BCUT2D eigenvalue weighted by molar-refractivity contribution is 0.0956. The van der Waals surface area contributed by atoms with Crippen LogP contribution in [0.25, 0.3) is 10.9 Å². The van der Waals surface area contributed by atoms with Crippen LogP contribution in [0.4, 0.5) is 8.78 Å². The van der Waals surface area contributed by atoms with Crippen molar-refractivity contribution in [3.63, 3.8) is 0 Å². The second kappa shape index (κ2) is 9.04. The van der Waals surface area contributed by atoms with E-state index in [0.717, 1.165) is 0 Å². The van der Waals surface area contributed by atoms with Crippen LogP contribution in [0.5, 0.6) is 5.75 Å². The molecule has 3 aromatic rings. The number of aromatic amines is 1. The Bertz CT molecular complexity index is 1230. The molecule has 1 fully saturated rings. The predicted octanol–water partition coefficient (Wildman–Crippen LogP) is 2.78. The van der Waals surface area contributed by atoms with E-state index in [1.807, 2.05) is 17.9 Å². The van der Waals surface area contributed by atoms with Crippen LogP contribution in [0, 0.1) is 11.8 Å². The molecule has 2 N–H and O–H groups in total. The Labute approximate surface area is 183 Å². The van der Waals surface area contributed by atoms with Gasteiger partial charge in [0.15, 0.2) is 11.6 Å². The van der Waals surface area contributed by atoms with Crippen molar-refractivity contribution >= 4 is 16.8 Å². The number of H-pyrrole nitrogens is 1. The van der Waals surface area contributed by atoms with Gasteiger partial charge in [-0.05, 0) is 31.0 Å². The molecule has 0 spiro atoms. The lowest BCUT2D eigenvalue weighted by atomic mass is 10.1. The Kier molecular flexibility index (Phi) is 6.18. The van der Waals surface area contributed by atoms with E-state index in [1.54, 1.807) is 12.1 Å². The quantitative estimate of drug-likeness (QED) is 0.574. The smallest absolute Gasteiger partial charge is 0.269 e. The maximum Gasteiger partial charge on any atom is 0.269 e. The molecule has 3 heterocycles. The molecule has 0 aliphatic carbocycles. The third-order valence-electron chi connectivity index (χ3n) is 5.69. The summed E-state index contributed by atoms with van der Waals surface area (Å²) in [6.07, 6.45) is 0.935. The van der Waals surface area contributed by atoms with Crippen LogP contribution in [0.2, 0.25) is 0 Å². The molecule has 168 valence electrons. The van der Waals surface area contributed by atoms with Crippen LogP contribution in [0.3, 0.4) is 0 Å². The molecule has 1 aromatic carbocycles. The molecule has 0 radical (unpaired) electrons. The van der Waals surface area contributed by atoms with Crippen LogP contribution in [-0.2, 0) is 13.0 Å². The number of likely N-dealkylation sites (tertiary alicyclic amines) is 1. The lowest BCUT2D eigenvalue weighted by Gasteiger charge is -2.18. The van der Waals surface area contributed by atoms with Crippen LogP contribution in [0.15, 0.2) is 35.1 Å². The highest BCUT2D eigenvalue weighted by atomic mass is 19.1. The minimum Gasteiger partial charge on any atom is -0.484 e. The van der Waals surface area contributed by atoms with E-state index >= 15 is 4.39 Å². The molecule has 1 aliphatic rings. The topological polar surface area (TPSA) is 87.3 Å². The van der Waals surface area contributed by atoms with E-state index in [-0.39, 0.29) is 28.6 Å². The summed E-state index contributed by atoms with van der Waals surface area (Å²) in [6.45, 7) is 3.36. The second-order valence-electron chi connectivity index (χ2n) is 7.81. The lowest BCUT2D eigenvalue weighted by Crippen LogP contribution is -2.25. The molecule has 1 aliphatic heterocycles. The summed E-state index contributed by atoms with van der Waals surface area (Å²) < 4.78 is 35.0. The van der Waals surface area contributed by atoms with Crippen LogP contribution < -0.4 is 15.6 Å². The number of hydrogen-bond donors (Lipinski definition) is 2. The third-order valence-corrected chi connectivity index (χ3v) is 5.69. The number of carbonyl (C=O) groups is 1. The largest absolute Gasteiger partial charge is 0.484 e. The standard InChI is InChI=1S/C23H24F2N4O3/c1-3-13-10-14-4-5-15(19(24)20(14)28-22(13)30)11-29-9-8-16(12-29)32-18-7-6-17(23(31)26-2)27-21(18)25/h4-7,10,16H,3,8-9,11-12H2,1-2H3,(H,26,31)(H,28,30)/t16-/m1/s1. The van der Waals surface area contributed by atoms with E-state index in [2.05, 4.69) is 15.3 Å². The summed E-state index contributed by atoms with van der Waals surface area (Å²) in [5.41, 5.74) is 1.00. The number of rotatable bonds is 6. The number of pyridine rings is 2. The molecule has 1 amide bonds. The van der Waals surface area contributed by atoms with E-state index < -0.39 is 17.7 Å². The zero-order chi connectivity index (χ0) is 22.8. The molecule has 9 heteroatoms. The monoisotopic (exact) mass is 442 g/mol. The number of carbonyl (C=O) groups excluding carboxylic acids is 1. The Balaban J connectivity index is 1.44. The van der Waals surface area contributed by atoms with Crippen LogP contribution in [-0.4, -0.2) is 47.0 Å². The van der Waals surface area contributed by atoms with Gasteiger partial charge in [0.25, 0.3) is 17.4 Å². The molecule has 1 atom stereocenters. The fourth-order valence-electron chi connectivity index (χ4n) is 3.93. The molecule has 1 saturated heterocycles. The fourth-order valence-corrected chi connectivity index (χ4v) is 3.93. The number of benzene rings is 1. The molecule has 2 aromatic heterocycles. The van der Waals surface area contributed by atoms with Crippen molar-refractivity contribution in [2.45, 2.75) is 32.4 Å². The maximum absolute atomic E-state index is 15.0. The summed E-state index contributed by atoms with van der Waals surface area (Å²) in [7, 11) is 1.44. The van der Waals surface area contributed by atoms with Gasteiger partial charge in [-0.3, -0.25) is 14.5 Å². The highest BCUT2D eigenvalue weighted by Gasteiger charge is 2.26. The fraction of sp³-hybridized carbons (Fsp3) is 0.348. The van der Waals surface area contributed by atoms with Crippen molar-refractivity contribution in [1.82, 2.24) is 20.2 Å². The van der Waals surface area contributed by atoms with E-state index in [0.29, 0.717) is 49.0 Å². The molecule has 4 rings (SSSR count). The Hall–Kier alpha value is -3.33. The summed E-state index contributed by atoms with van der Waals surface area (Å²) in [4.78, 5) is 31.9. The van der Waals surface area contributed by atoms with Gasteiger partial charge < -0.3 is 15.0 Å². The first kappa shape index (κ1) is 21.9. The summed E-state index contributed by atoms with van der Waals surface area (Å²) >= 11 is 0. The molecule has 0 unspecified atom stereocenters. The normalized spacial score (nSPS) is 16.4. The molecule has 32 heavy (non-hydrogen) atoms. The minimum atomic E-state index is -0.847. The number of halogens is 2. The number of nitrogens with one attached hydrogen (secondary N) is 2. The second-order valence-corrected chi connectivity index (χ2v) is 7.81. The van der Waals surface area contributed by atoms with Gasteiger partial charge in [-0.25, -0.2) is 9.37 Å². The van der Waals surface area contributed by atoms with Crippen molar-refractivity contribution in [2.75, 3.05) is 20.1 Å². The first-order valence-corrected chi connectivity index (χ1v) is 10.5. The minimum absolute atomic E-state index is 0.0225. The number of nitrogens with zero attached hydrogens (tertiary/aromatic N) is 2. The first-order chi connectivity index (χ1) is 15.4. The molecule has 7 nitrogen and oxygen atoms in total. The molecular formula is C23H24F2N4O3. The van der Waals surface area contributed by atoms with Crippen molar-refractivity contribution in [3.05, 3.63) is 69.3 Å². The number of ether oxygens (including phenoxy) is 1. The van der Waals surface area contributed by atoms with Gasteiger partial charge in [0, 0.05) is 43.2 Å². The van der Waals surface area contributed by atoms with Gasteiger partial charge in [-0.2, -0.15) is 4.39 Å². The van der Waals surface area contributed by atoms with Gasteiger partial charge in [0.1, 0.15) is 11.8 Å². The van der Waals surface area contributed by atoms with Crippen molar-refractivity contribution < 1.29 is 18.3 Å². The third kappa shape index (κ3) is 4.34. The zero-order valence-electron chi connectivity index (χ0n) is 17.9. The van der Waals surface area contributed by atoms with E-state index in [1.165, 1.54) is 19.2 Å². The van der Waals surface area contributed by atoms with Crippen molar-refractivity contribution in [3.8, 4) is 5.75 Å². The van der Waals surface area contributed by atoms with Gasteiger partial charge in [-0.1, -0.05) is 19.1 Å². The molecular weight excluding hydrogens is 418 g/mol. The summed E-state index contributed by atoms with van der Waals surface area (Å²) in [5.74, 6) is -1.79. The SMILES string of the molecule is CCc1cc2ccc(CN3CC[C@@H](Oc4ccc(C(=O)NC)nc4F)C3)c(F)c2[nH]c1=O. The summed E-state index contributed by atoms with van der Waals surface area (Å²) in [5, 5.41) is 3.05. The first-order valence-electron chi connectivity index (χ1n) is 10.5. The van der Waals surface area contributed by atoms with Crippen LogP contribution in [0.1, 0.15) is 35.0 Å². The van der Waals surface area contributed by atoms with E-state index in [4.69, 9.17) is 4.74 Å². The van der Waals surface area contributed by atoms with Gasteiger partial charge >= 0.3 is 0 Å². The van der Waals surface area contributed by atoms with E-state index in [9.17, 15) is 14.0 Å². The van der Waals surface area contributed by atoms with Gasteiger partial charge in [-0.15, -0.1) is 0 Å². The molecule has 0 bridgehead atoms. The number of fused-ring (bicyclic) bond motifs is 1. The summed E-state index contributed by atoms with van der Waals surface area (Å²) in [6, 6.07) is 8.05. The van der Waals surface area contributed by atoms with Crippen LogP contribution >= 0.6 is 0 Å². The molecule has 0 saturated carbocycles. The van der Waals surface area contributed by atoms with Gasteiger partial charge in [0.2, 0.25) is 0 Å². The number of aryl methyl sites for hydroxylation is 1. The Morgan fingerprint density at radius 2 is 2.09 bits per heavy atom. The van der Waals surface area contributed by atoms with Crippen molar-refractivity contribution in [2.24, 2.45) is 0 Å². The Morgan fingerprint density at radius 1 is 1.28 bits per heavy atom. The number of aromatic nitrogens is 2. The predicted molar refractivity (Wildman–Crippen MR) is 116 cm³/mol. The highest BCUT2D eigenvalue weighted by Crippen LogP contribution is 2.25. The average Bonchev–Trinajstić information content (AvgIpc) is 3.23. The number of hydrogen-bond acceptors (Lipinski definition) is 5. The Morgan fingerprint density at radius 3 is 2.81 bits per heavy atom. The van der Waals surface area contributed by atoms with Gasteiger partial charge in [0.05, 0.1) is 5.52 Å². The average molecular weight is 442 g/mol.